The summed E-state index contributed by atoms with van der Waals surface area (Å²) in [5.41, 5.74) is -0.131. The Morgan fingerprint density at radius 3 is 2.12 bits per heavy atom. The van der Waals surface area contributed by atoms with Crippen LogP contribution in [0.1, 0.15) is 44.5 Å². The minimum Gasteiger partial charge on any atom is -0.444 e. The number of carbonyl (C=O) groups excluding carboxylic acids is 4. The van der Waals surface area contributed by atoms with Gasteiger partial charge in [0.1, 0.15) is 11.4 Å². The number of hydrogen-bond acceptors (Lipinski definition) is 7. The highest BCUT2D eigenvalue weighted by Crippen LogP contribution is 2.16. The number of alkyl carbamates (subject to hydrolysis) is 1. The average Bonchev–Trinajstić information content (AvgIpc) is 2.72. The largest absolute Gasteiger partial charge is 0.513 e. The zero-order valence-corrected chi connectivity index (χ0v) is 19.0. The van der Waals surface area contributed by atoms with Crippen LogP contribution < -0.4 is 10.1 Å². The fourth-order valence-electron chi connectivity index (χ4n) is 2.99. The number of amides is 3. The summed E-state index contributed by atoms with van der Waals surface area (Å²) in [5, 5.41) is 2.57. The molecule has 32 heavy (non-hydrogen) atoms. The minimum atomic E-state index is -0.798. The molecule has 0 unspecified atom stereocenters. The standard InChI is InChI=1S/C22H31N3O7/c1-5-30-21(29)31-17-8-6-16(7-9-17)19(27)25-14-12-24(13-15-25)18(26)10-11-23-20(28)32-22(2,3)4/h6-9H,5,10-15H2,1-4H3,(H,23,28). The van der Waals surface area contributed by atoms with Gasteiger partial charge in [-0.3, -0.25) is 9.59 Å². The lowest BCUT2D eigenvalue weighted by atomic mass is 10.1. The minimum absolute atomic E-state index is 0.0892. The first-order valence-corrected chi connectivity index (χ1v) is 10.6. The number of benzene rings is 1. The van der Waals surface area contributed by atoms with Crippen LogP contribution in [-0.2, 0) is 14.3 Å². The van der Waals surface area contributed by atoms with Gasteiger partial charge in [-0.05, 0) is 52.0 Å². The summed E-state index contributed by atoms with van der Waals surface area (Å²) in [7, 11) is 0. The third-order valence-electron chi connectivity index (χ3n) is 4.49. The lowest BCUT2D eigenvalue weighted by molar-refractivity contribution is -0.132. The molecule has 0 bridgehead atoms. The Morgan fingerprint density at radius 1 is 0.969 bits per heavy atom. The molecule has 3 amide bonds. The van der Waals surface area contributed by atoms with Crippen molar-refractivity contribution in [3.63, 3.8) is 0 Å². The smallest absolute Gasteiger partial charge is 0.444 e. The number of carbonyl (C=O) groups is 4. The lowest BCUT2D eigenvalue weighted by Gasteiger charge is -2.35. The molecule has 0 atom stereocenters. The molecule has 10 heteroatoms. The summed E-state index contributed by atoms with van der Waals surface area (Å²) >= 11 is 0. The van der Waals surface area contributed by atoms with Crippen LogP contribution in [0.2, 0.25) is 0 Å². The first kappa shape index (κ1) is 25.0. The van der Waals surface area contributed by atoms with E-state index in [1.54, 1.807) is 49.6 Å². The monoisotopic (exact) mass is 449 g/mol. The molecule has 0 aromatic heterocycles. The lowest BCUT2D eigenvalue weighted by Crippen LogP contribution is -2.51. The van der Waals surface area contributed by atoms with Gasteiger partial charge in [-0.2, -0.15) is 0 Å². The van der Waals surface area contributed by atoms with Crippen LogP contribution in [0, 0.1) is 0 Å². The summed E-state index contributed by atoms with van der Waals surface area (Å²) in [6, 6.07) is 6.22. The van der Waals surface area contributed by atoms with E-state index in [4.69, 9.17) is 14.2 Å². The van der Waals surface area contributed by atoms with Crippen molar-refractivity contribution < 1.29 is 33.4 Å². The second-order valence-corrected chi connectivity index (χ2v) is 8.16. The van der Waals surface area contributed by atoms with Gasteiger partial charge in [0.2, 0.25) is 5.91 Å². The normalized spacial score (nSPS) is 13.9. The average molecular weight is 450 g/mol. The Morgan fingerprint density at radius 2 is 1.56 bits per heavy atom. The van der Waals surface area contributed by atoms with E-state index in [0.29, 0.717) is 31.7 Å². The molecule has 0 aliphatic carbocycles. The summed E-state index contributed by atoms with van der Waals surface area (Å²) in [4.78, 5) is 51.4. The second kappa shape index (κ2) is 11.4. The summed E-state index contributed by atoms with van der Waals surface area (Å²) < 4.78 is 14.8. The van der Waals surface area contributed by atoms with Gasteiger partial charge < -0.3 is 29.3 Å². The van der Waals surface area contributed by atoms with E-state index >= 15 is 0 Å². The van der Waals surface area contributed by atoms with Crippen molar-refractivity contribution in [3.8, 4) is 5.75 Å². The quantitative estimate of drug-likeness (QED) is 0.524. The van der Waals surface area contributed by atoms with Crippen molar-refractivity contribution in [1.29, 1.82) is 0 Å². The Labute approximate surface area is 187 Å². The molecule has 2 rings (SSSR count). The number of nitrogens with one attached hydrogen (secondary N) is 1. The molecule has 1 aliphatic heterocycles. The molecule has 1 aliphatic rings. The Kier molecular flexibility index (Phi) is 8.86. The van der Waals surface area contributed by atoms with E-state index in [9.17, 15) is 19.2 Å². The van der Waals surface area contributed by atoms with Gasteiger partial charge in [0, 0.05) is 44.7 Å². The van der Waals surface area contributed by atoms with E-state index in [2.05, 4.69) is 5.32 Å². The molecule has 1 aromatic rings. The maximum absolute atomic E-state index is 12.7. The van der Waals surface area contributed by atoms with Crippen molar-refractivity contribution in [1.82, 2.24) is 15.1 Å². The molecule has 1 saturated heterocycles. The molecule has 1 N–H and O–H groups in total. The van der Waals surface area contributed by atoms with Gasteiger partial charge in [0.15, 0.2) is 0 Å². The maximum atomic E-state index is 12.7. The van der Waals surface area contributed by atoms with Crippen LogP contribution in [0.4, 0.5) is 9.59 Å². The highest BCUT2D eigenvalue weighted by Gasteiger charge is 2.25. The van der Waals surface area contributed by atoms with Crippen LogP contribution >= 0.6 is 0 Å². The Bertz CT molecular complexity index is 810. The van der Waals surface area contributed by atoms with E-state index in [-0.39, 0.29) is 37.1 Å². The van der Waals surface area contributed by atoms with Gasteiger partial charge in [-0.1, -0.05) is 0 Å². The molecule has 10 nitrogen and oxygen atoms in total. The van der Waals surface area contributed by atoms with Gasteiger partial charge in [-0.25, -0.2) is 9.59 Å². The van der Waals surface area contributed by atoms with Crippen LogP contribution in [0.25, 0.3) is 0 Å². The number of ether oxygens (including phenoxy) is 3. The summed E-state index contributed by atoms with van der Waals surface area (Å²) in [6.45, 7) is 9.03. The number of nitrogens with zero attached hydrogens (tertiary/aromatic N) is 2. The van der Waals surface area contributed by atoms with Crippen molar-refractivity contribution in [2.24, 2.45) is 0 Å². The maximum Gasteiger partial charge on any atom is 0.513 e. The highest BCUT2D eigenvalue weighted by molar-refractivity contribution is 5.94. The third-order valence-corrected chi connectivity index (χ3v) is 4.49. The van der Waals surface area contributed by atoms with E-state index in [1.165, 1.54) is 12.1 Å². The molecule has 176 valence electrons. The molecule has 1 fully saturated rings. The predicted octanol–water partition coefficient (Wildman–Crippen LogP) is 2.42. The van der Waals surface area contributed by atoms with Crippen molar-refractivity contribution in [3.05, 3.63) is 29.8 Å². The fraction of sp³-hybridized carbons (Fsp3) is 0.545. The number of rotatable bonds is 6. The third kappa shape index (κ3) is 8.09. The number of hydrogen-bond donors (Lipinski definition) is 1. The van der Waals surface area contributed by atoms with Gasteiger partial charge in [-0.15, -0.1) is 0 Å². The van der Waals surface area contributed by atoms with Crippen LogP contribution in [0.15, 0.2) is 24.3 Å². The molecular weight excluding hydrogens is 418 g/mol. The first-order chi connectivity index (χ1) is 15.1. The topological polar surface area (TPSA) is 114 Å². The van der Waals surface area contributed by atoms with Gasteiger partial charge in [0.05, 0.1) is 6.61 Å². The van der Waals surface area contributed by atoms with E-state index in [1.807, 2.05) is 0 Å². The highest BCUT2D eigenvalue weighted by atomic mass is 16.7. The van der Waals surface area contributed by atoms with Crippen molar-refractivity contribution in [2.45, 2.75) is 39.7 Å². The van der Waals surface area contributed by atoms with E-state index < -0.39 is 17.8 Å². The Hall–Kier alpha value is -3.30. The molecule has 1 aromatic carbocycles. The van der Waals surface area contributed by atoms with Crippen LogP contribution in [0.5, 0.6) is 5.75 Å². The van der Waals surface area contributed by atoms with Crippen LogP contribution in [-0.4, -0.2) is 78.8 Å². The van der Waals surface area contributed by atoms with Crippen molar-refractivity contribution >= 4 is 24.1 Å². The molecular formula is C22H31N3O7. The molecule has 1 heterocycles. The van der Waals surface area contributed by atoms with Gasteiger partial charge >= 0.3 is 12.2 Å². The zero-order chi connectivity index (χ0) is 23.7. The van der Waals surface area contributed by atoms with Crippen LogP contribution in [0.3, 0.4) is 0 Å². The van der Waals surface area contributed by atoms with Crippen molar-refractivity contribution in [2.75, 3.05) is 39.3 Å². The summed E-state index contributed by atoms with van der Waals surface area (Å²) in [5.74, 6) is 0.0374. The summed E-state index contributed by atoms with van der Waals surface area (Å²) in [6.07, 6.45) is -1.19. The van der Waals surface area contributed by atoms with Gasteiger partial charge in [0.25, 0.3) is 5.91 Å². The van der Waals surface area contributed by atoms with E-state index in [0.717, 1.165) is 0 Å². The predicted molar refractivity (Wildman–Crippen MR) is 115 cm³/mol. The second-order valence-electron chi connectivity index (χ2n) is 8.16. The fourth-order valence-corrected chi connectivity index (χ4v) is 2.99. The number of piperazine rings is 1. The SMILES string of the molecule is CCOC(=O)Oc1ccc(C(=O)N2CCN(C(=O)CCNC(=O)OC(C)(C)C)CC2)cc1. The molecule has 0 spiro atoms. The molecule has 0 radical (unpaired) electrons. The Balaban J connectivity index is 1.75. The zero-order valence-electron chi connectivity index (χ0n) is 19.0. The molecule has 0 saturated carbocycles. The first-order valence-electron chi connectivity index (χ1n) is 10.6.